The normalized spacial score (nSPS) is 16.5. The van der Waals surface area contributed by atoms with Gasteiger partial charge >= 0.3 is 0 Å². The maximum absolute atomic E-state index is 12.7. The molecule has 0 bridgehead atoms. The van der Waals surface area contributed by atoms with Crippen molar-refractivity contribution in [3.05, 3.63) is 60.8 Å². The predicted molar refractivity (Wildman–Crippen MR) is 105 cm³/mol. The summed E-state index contributed by atoms with van der Waals surface area (Å²) in [4.78, 5) is 27.0. The second-order valence-corrected chi connectivity index (χ2v) is 7.01. The number of hydrogen-bond acceptors (Lipinski definition) is 8. The van der Waals surface area contributed by atoms with Gasteiger partial charge in [-0.1, -0.05) is 40.7 Å². The van der Waals surface area contributed by atoms with Gasteiger partial charge in [0.25, 0.3) is 11.8 Å². The first-order valence-corrected chi connectivity index (χ1v) is 9.64. The molecule has 5 rings (SSSR count). The molecule has 1 aliphatic rings. The van der Waals surface area contributed by atoms with Crippen molar-refractivity contribution in [2.24, 2.45) is 0 Å². The molecule has 1 amide bonds. The highest BCUT2D eigenvalue weighted by Gasteiger charge is 2.27. The molecule has 0 radical (unpaired) electrons. The van der Waals surface area contributed by atoms with Crippen molar-refractivity contribution in [3.8, 4) is 23.0 Å². The molecule has 3 aromatic heterocycles. The second-order valence-electron chi connectivity index (χ2n) is 7.01. The molecule has 0 saturated carbocycles. The first-order valence-electron chi connectivity index (χ1n) is 9.64. The van der Waals surface area contributed by atoms with Crippen LogP contribution in [0.15, 0.2) is 59.6 Å². The summed E-state index contributed by atoms with van der Waals surface area (Å²) < 4.78 is 7.13. The van der Waals surface area contributed by atoms with Gasteiger partial charge in [-0.3, -0.25) is 9.78 Å². The van der Waals surface area contributed by atoms with E-state index in [0.717, 1.165) is 18.4 Å². The summed E-state index contributed by atoms with van der Waals surface area (Å²) in [7, 11) is 0. The third kappa shape index (κ3) is 3.54. The Labute approximate surface area is 171 Å². The highest BCUT2D eigenvalue weighted by atomic mass is 16.5. The summed E-state index contributed by atoms with van der Waals surface area (Å²) in [6.45, 7) is 1.20. The molecule has 1 saturated heterocycles. The van der Waals surface area contributed by atoms with Gasteiger partial charge in [-0.15, -0.1) is 5.10 Å². The summed E-state index contributed by atoms with van der Waals surface area (Å²) in [6.07, 6.45) is 8.10. The molecule has 1 aliphatic heterocycles. The lowest BCUT2D eigenvalue weighted by molar-refractivity contribution is 0.0665. The van der Waals surface area contributed by atoms with Gasteiger partial charge in [0, 0.05) is 31.0 Å². The molecule has 0 N–H and O–H groups in total. The largest absolute Gasteiger partial charge is 0.335 e. The zero-order valence-corrected chi connectivity index (χ0v) is 16.0. The van der Waals surface area contributed by atoms with Crippen LogP contribution >= 0.6 is 0 Å². The molecular formula is C20H18N8O2. The minimum atomic E-state index is -0.127. The van der Waals surface area contributed by atoms with E-state index < -0.39 is 0 Å². The van der Waals surface area contributed by atoms with Crippen LogP contribution in [0.25, 0.3) is 23.0 Å². The molecule has 30 heavy (non-hydrogen) atoms. The first kappa shape index (κ1) is 18.1. The summed E-state index contributed by atoms with van der Waals surface area (Å²) in [5.74, 6) is 0.680. The van der Waals surface area contributed by atoms with Crippen molar-refractivity contribution in [3.63, 3.8) is 0 Å². The van der Waals surface area contributed by atoms with Crippen LogP contribution in [0.3, 0.4) is 0 Å². The van der Waals surface area contributed by atoms with Gasteiger partial charge in [0.05, 0.1) is 18.4 Å². The number of carbonyl (C=O) groups is 1. The predicted octanol–water partition coefficient (Wildman–Crippen LogP) is 2.26. The van der Waals surface area contributed by atoms with Crippen LogP contribution in [-0.4, -0.2) is 59.0 Å². The highest BCUT2D eigenvalue weighted by Crippen LogP contribution is 2.25. The summed E-state index contributed by atoms with van der Waals surface area (Å²) in [5.41, 5.74) is 1.71. The third-order valence-corrected chi connectivity index (χ3v) is 5.03. The van der Waals surface area contributed by atoms with Gasteiger partial charge in [-0.05, 0) is 12.8 Å². The molecule has 1 aromatic carbocycles. The minimum absolute atomic E-state index is 0.0112. The van der Waals surface area contributed by atoms with E-state index in [2.05, 4.69) is 30.4 Å². The van der Waals surface area contributed by atoms with E-state index in [9.17, 15) is 4.79 Å². The van der Waals surface area contributed by atoms with E-state index in [0.29, 0.717) is 36.2 Å². The molecule has 150 valence electrons. The lowest BCUT2D eigenvalue weighted by atomic mass is 10.1. The Kier molecular flexibility index (Phi) is 4.72. The molecule has 1 fully saturated rings. The maximum Gasteiger partial charge on any atom is 0.280 e. The number of aromatic nitrogens is 7. The van der Waals surface area contributed by atoms with E-state index in [-0.39, 0.29) is 11.9 Å². The van der Waals surface area contributed by atoms with E-state index in [1.54, 1.807) is 22.0 Å². The van der Waals surface area contributed by atoms with E-state index in [1.807, 2.05) is 30.3 Å². The monoisotopic (exact) mass is 402 g/mol. The number of nitrogens with zero attached hydrogens (tertiary/aromatic N) is 8. The molecule has 4 heterocycles. The lowest BCUT2D eigenvalue weighted by Crippen LogP contribution is -2.41. The van der Waals surface area contributed by atoms with Gasteiger partial charge in [0.2, 0.25) is 5.82 Å². The van der Waals surface area contributed by atoms with Crippen LogP contribution in [0.2, 0.25) is 0 Å². The van der Waals surface area contributed by atoms with Crippen molar-refractivity contribution in [1.82, 2.24) is 40.0 Å². The van der Waals surface area contributed by atoms with Crippen molar-refractivity contribution >= 4 is 5.91 Å². The average Bonchev–Trinajstić information content (AvgIpc) is 3.50. The number of likely N-dealkylation sites (tertiary alicyclic amines) is 1. The number of amides is 1. The summed E-state index contributed by atoms with van der Waals surface area (Å²) >= 11 is 0. The molecule has 0 spiro atoms. The third-order valence-electron chi connectivity index (χ3n) is 5.03. The quantitative estimate of drug-likeness (QED) is 0.510. The topological polar surface area (TPSA) is 116 Å². The zero-order chi connectivity index (χ0) is 20.3. The number of hydrogen-bond donors (Lipinski definition) is 0. The summed E-state index contributed by atoms with van der Waals surface area (Å²) in [5, 5.41) is 12.4. The SMILES string of the molecule is O=C(c1cnccn1)N1CCC[C@H](n2cc(-c3nc(-c4ccccc4)no3)nn2)C1. The van der Waals surface area contributed by atoms with Gasteiger partial charge in [-0.2, -0.15) is 4.98 Å². The molecule has 1 atom stereocenters. The Morgan fingerprint density at radius 3 is 2.90 bits per heavy atom. The number of benzene rings is 1. The minimum Gasteiger partial charge on any atom is -0.335 e. The Bertz CT molecular complexity index is 1140. The fraction of sp³-hybridized carbons (Fsp3) is 0.250. The zero-order valence-electron chi connectivity index (χ0n) is 16.0. The van der Waals surface area contributed by atoms with Crippen molar-refractivity contribution in [1.29, 1.82) is 0 Å². The van der Waals surface area contributed by atoms with Crippen LogP contribution in [0, 0.1) is 0 Å². The molecule has 4 aromatic rings. The Balaban J connectivity index is 1.32. The number of carbonyl (C=O) groups excluding carboxylic acids is 1. The maximum atomic E-state index is 12.7. The number of piperidine rings is 1. The fourth-order valence-corrected chi connectivity index (χ4v) is 3.51. The van der Waals surface area contributed by atoms with E-state index in [4.69, 9.17) is 4.52 Å². The lowest BCUT2D eigenvalue weighted by Gasteiger charge is -2.32. The average molecular weight is 402 g/mol. The van der Waals surface area contributed by atoms with E-state index >= 15 is 0 Å². The van der Waals surface area contributed by atoms with Crippen molar-refractivity contribution < 1.29 is 9.32 Å². The van der Waals surface area contributed by atoms with Crippen LogP contribution in [-0.2, 0) is 0 Å². The van der Waals surface area contributed by atoms with Crippen molar-refractivity contribution in [2.45, 2.75) is 18.9 Å². The fourth-order valence-electron chi connectivity index (χ4n) is 3.51. The Morgan fingerprint density at radius 2 is 2.07 bits per heavy atom. The van der Waals surface area contributed by atoms with Crippen LogP contribution < -0.4 is 0 Å². The molecule has 10 heteroatoms. The van der Waals surface area contributed by atoms with Gasteiger partial charge in [0.15, 0.2) is 5.69 Å². The van der Waals surface area contributed by atoms with Crippen LogP contribution in [0.4, 0.5) is 0 Å². The van der Waals surface area contributed by atoms with E-state index in [1.165, 1.54) is 12.4 Å². The second kappa shape index (κ2) is 7.82. The standard InChI is InChI=1S/C20H18N8O2/c29-20(16-11-21-8-9-22-16)27-10-4-7-15(12-27)28-13-17(24-26-28)19-23-18(25-30-19)14-5-2-1-3-6-14/h1-3,5-6,8-9,11,13,15H,4,7,10,12H2/t15-/m0/s1. The Morgan fingerprint density at radius 1 is 1.17 bits per heavy atom. The Hall–Kier alpha value is -3.95. The number of rotatable bonds is 4. The molecule has 0 unspecified atom stereocenters. The summed E-state index contributed by atoms with van der Waals surface area (Å²) in [6, 6.07) is 9.60. The smallest absolute Gasteiger partial charge is 0.280 e. The molecular weight excluding hydrogens is 384 g/mol. The van der Waals surface area contributed by atoms with Crippen molar-refractivity contribution in [2.75, 3.05) is 13.1 Å². The highest BCUT2D eigenvalue weighted by molar-refractivity contribution is 5.92. The molecule has 0 aliphatic carbocycles. The van der Waals surface area contributed by atoms with Gasteiger partial charge < -0.3 is 9.42 Å². The van der Waals surface area contributed by atoms with Gasteiger partial charge in [0.1, 0.15) is 5.69 Å². The first-order chi connectivity index (χ1) is 14.8. The van der Waals surface area contributed by atoms with Crippen LogP contribution in [0.1, 0.15) is 29.4 Å². The molecule has 10 nitrogen and oxygen atoms in total. The van der Waals surface area contributed by atoms with Gasteiger partial charge in [-0.25, -0.2) is 9.67 Å². The van der Waals surface area contributed by atoms with Crippen LogP contribution in [0.5, 0.6) is 0 Å².